The minimum atomic E-state index is -3.65. The molecule has 0 amide bonds. The normalized spacial score (nSPS) is 15.8. The topological polar surface area (TPSA) is 74.8 Å². The highest BCUT2D eigenvalue weighted by molar-refractivity contribution is 7.92. The molecule has 0 radical (unpaired) electrons. The number of sulfonamides is 1. The number of methoxy groups -OCH3 is 1. The molecule has 1 N–H and O–H groups in total. The number of aromatic nitrogens is 1. The first-order valence-corrected chi connectivity index (χ1v) is 9.53. The van der Waals surface area contributed by atoms with Gasteiger partial charge in [0, 0.05) is 26.2 Å². The van der Waals surface area contributed by atoms with Crippen LogP contribution < -0.4 is 14.4 Å². The maximum absolute atomic E-state index is 12.4. The number of anilines is 2. The number of piperazine rings is 1. The summed E-state index contributed by atoms with van der Waals surface area (Å²) in [5.74, 6) is 1.47. The molecule has 0 aliphatic carbocycles. The van der Waals surface area contributed by atoms with Crippen molar-refractivity contribution >= 4 is 21.5 Å². The second kappa shape index (κ2) is 7.28. The molecule has 1 saturated heterocycles. The van der Waals surface area contributed by atoms with E-state index in [1.165, 1.54) is 19.2 Å². The van der Waals surface area contributed by atoms with Crippen molar-refractivity contribution in [2.45, 2.75) is 4.90 Å². The van der Waals surface area contributed by atoms with E-state index in [1.807, 2.05) is 6.07 Å². The van der Waals surface area contributed by atoms with Crippen molar-refractivity contribution in [2.75, 3.05) is 50.0 Å². The second-order valence-electron chi connectivity index (χ2n) is 5.98. The Labute approximate surface area is 148 Å². The Morgan fingerprint density at radius 2 is 1.72 bits per heavy atom. The van der Waals surface area contributed by atoms with Gasteiger partial charge in [0.25, 0.3) is 10.0 Å². The summed E-state index contributed by atoms with van der Waals surface area (Å²) in [4.78, 5) is 9.04. The van der Waals surface area contributed by atoms with Crippen molar-refractivity contribution in [2.24, 2.45) is 0 Å². The molecule has 1 aromatic carbocycles. The maximum atomic E-state index is 12.4. The van der Waals surface area contributed by atoms with Gasteiger partial charge in [-0.05, 0) is 43.4 Å². The van der Waals surface area contributed by atoms with Crippen molar-refractivity contribution in [3.63, 3.8) is 0 Å². The molecule has 0 unspecified atom stereocenters. The largest absolute Gasteiger partial charge is 0.497 e. The van der Waals surface area contributed by atoms with Crippen LogP contribution in [0.2, 0.25) is 0 Å². The summed E-state index contributed by atoms with van der Waals surface area (Å²) in [7, 11) is -0.0131. The van der Waals surface area contributed by atoms with Crippen LogP contribution in [0.15, 0.2) is 47.5 Å². The fourth-order valence-electron chi connectivity index (χ4n) is 2.64. The molecule has 0 spiro atoms. The van der Waals surface area contributed by atoms with Gasteiger partial charge in [0.2, 0.25) is 0 Å². The van der Waals surface area contributed by atoms with Crippen LogP contribution in [-0.4, -0.2) is 58.6 Å². The molecule has 2 heterocycles. The van der Waals surface area contributed by atoms with Crippen LogP contribution in [0.4, 0.5) is 11.5 Å². The van der Waals surface area contributed by atoms with Crippen LogP contribution in [0.5, 0.6) is 5.75 Å². The summed E-state index contributed by atoms with van der Waals surface area (Å²) in [5, 5.41) is 0. The Morgan fingerprint density at radius 1 is 1.04 bits per heavy atom. The lowest BCUT2D eigenvalue weighted by atomic mass is 10.3. The highest BCUT2D eigenvalue weighted by atomic mass is 32.2. The zero-order valence-electron chi connectivity index (χ0n) is 14.3. The number of hydrogen-bond donors (Lipinski definition) is 1. The molecule has 1 fully saturated rings. The van der Waals surface area contributed by atoms with E-state index in [4.69, 9.17) is 4.74 Å². The molecule has 1 aliphatic rings. The summed E-state index contributed by atoms with van der Waals surface area (Å²) in [6.45, 7) is 3.82. The lowest BCUT2D eigenvalue weighted by Gasteiger charge is -2.33. The van der Waals surface area contributed by atoms with Gasteiger partial charge in [0.15, 0.2) is 0 Å². The van der Waals surface area contributed by atoms with Crippen LogP contribution >= 0.6 is 0 Å². The van der Waals surface area contributed by atoms with Gasteiger partial charge in [0.1, 0.15) is 11.6 Å². The molecule has 3 rings (SSSR count). The van der Waals surface area contributed by atoms with Gasteiger partial charge < -0.3 is 14.5 Å². The molecule has 0 atom stereocenters. The summed E-state index contributed by atoms with van der Waals surface area (Å²) < 4.78 is 32.5. The fraction of sp³-hybridized carbons (Fsp3) is 0.353. The highest BCUT2D eigenvalue weighted by Crippen LogP contribution is 2.20. The zero-order valence-corrected chi connectivity index (χ0v) is 15.2. The number of hydrogen-bond acceptors (Lipinski definition) is 6. The first-order chi connectivity index (χ1) is 12.0. The van der Waals surface area contributed by atoms with Crippen molar-refractivity contribution in [3.05, 3.63) is 42.6 Å². The van der Waals surface area contributed by atoms with E-state index in [-0.39, 0.29) is 4.90 Å². The van der Waals surface area contributed by atoms with Crippen molar-refractivity contribution < 1.29 is 13.2 Å². The standard InChI is InChI=1S/C17H22N4O3S/c1-20-9-11-21(12-10-20)17-8-3-14(13-18-17)19-25(22,23)16-6-4-15(24-2)5-7-16/h3-8,13,19H,9-12H2,1-2H3. The predicted molar refractivity (Wildman–Crippen MR) is 97.7 cm³/mol. The molecule has 8 heteroatoms. The first-order valence-electron chi connectivity index (χ1n) is 8.04. The van der Waals surface area contributed by atoms with E-state index in [1.54, 1.807) is 24.4 Å². The monoisotopic (exact) mass is 362 g/mol. The Bertz CT molecular complexity index is 799. The number of ether oxygens (including phenoxy) is 1. The van der Waals surface area contributed by atoms with E-state index >= 15 is 0 Å². The number of nitrogens with zero attached hydrogens (tertiary/aromatic N) is 3. The molecule has 0 bridgehead atoms. The summed E-state index contributed by atoms with van der Waals surface area (Å²) in [6, 6.07) is 9.83. The van der Waals surface area contributed by atoms with Gasteiger partial charge >= 0.3 is 0 Å². The van der Waals surface area contributed by atoms with E-state index < -0.39 is 10.0 Å². The van der Waals surface area contributed by atoms with Crippen LogP contribution in [0.3, 0.4) is 0 Å². The molecule has 2 aromatic rings. The molecule has 134 valence electrons. The molecule has 7 nitrogen and oxygen atoms in total. The van der Waals surface area contributed by atoms with Gasteiger partial charge in [-0.3, -0.25) is 4.72 Å². The van der Waals surface area contributed by atoms with Crippen molar-refractivity contribution in [1.29, 1.82) is 0 Å². The number of benzene rings is 1. The Hall–Kier alpha value is -2.32. The molecular weight excluding hydrogens is 340 g/mol. The van der Waals surface area contributed by atoms with Gasteiger partial charge in [-0.2, -0.15) is 0 Å². The number of nitrogens with one attached hydrogen (secondary N) is 1. The zero-order chi connectivity index (χ0) is 17.9. The third kappa shape index (κ3) is 4.21. The second-order valence-corrected chi connectivity index (χ2v) is 7.66. The van der Waals surface area contributed by atoms with Crippen molar-refractivity contribution in [1.82, 2.24) is 9.88 Å². The van der Waals surface area contributed by atoms with E-state index in [9.17, 15) is 8.42 Å². The van der Waals surface area contributed by atoms with Crippen LogP contribution in [0, 0.1) is 0 Å². The minimum Gasteiger partial charge on any atom is -0.497 e. The average Bonchev–Trinajstić information content (AvgIpc) is 2.63. The summed E-state index contributed by atoms with van der Waals surface area (Å²) in [6.07, 6.45) is 1.55. The number of rotatable bonds is 5. The smallest absolute Gasteiger partial charge is 0.261 e. The van der Waals surface area contributed by atoms with E-state index in [2.05, 4.69) is 26.6 Å². The quantitative estimate of drug-likeness (QED) is 0.872. The lowest BCUT2D eigenvalue weighted by molar-refractivity contribution is 0.312. The SMILES string of the molecule is COc1ccc(S(=O)(=O)Nc2ccc(N3CCN(C)CC3)nc2)cc1. The number of likely N-dealkylation sites (N-methyl/N-ethyl adjacent to an activating group) is 1. The molecule has 1 aliphatic heterocycles. The van der Waals surface area contributed by atoms with Gasteiger partial charge in [0.05, 0.1) is 23.9 Å². The Morgan fingerprint density at radius 3 is 2.28 bits per heavy atom. The molecule has 0 saturated carbocycles. The molecule has 25 heavy (non-hydrogen) atoms. The third-order valence-corrected chi connectivity index (χ3v) is 5.59. The van der Waals surface area contributed by atoms with Gasteiger partial charge in [-0.15, -0.1) is 0 Å². The summed E-state index contributed by atoms with van der Waals surface area (Å²) >= 11 is 0. The van der Waals surface area contributed by atoms with Crippen LogP contribution in [0.25, 0.3) is 0 Å². The van der Waals surface area contributed by atoms with Crippen LogP contribution in [-0.2, 0) is 10.0 Å². The molecule has 1 aromatic heterocycles. The van der Waals surface area contributed by atoms with Crippen LogP contribution in [0.1, 0.15) is 0 Å². The Balaban J connectivity index is 1.69. The fourth-order valence-corrected chi connectivity index (χ4v) is 3.68. The van der Waals surface area contributed by atoms with Gasteiger partial charge in [-0.1, -0.05) is 0 Å². The maximum Gasteiger partial charge on any atom is 0.261 e. The summed E-state index contributed by atoms with van der Waals surface area (Å²) in [5.41, 5.74) is 0.439. The Kier molecular flexibility index (Phi) is 5.10. The van der Waals surface area contributed by atoms with E-state index in [0.717, 1.165) is 32.0 Å². The minimum absolute atomic E-state index is 0.177. The highest BCUT2D eigenvalue weighted by Gasteiger charge is 2.17. The molecular formula is C17H22N4O3S. The van der Waals surface area contributed by atoms with Gasteiger partial charge in [-0.25, -0.2) is 13.4 Å². The lowest BCUT2D eigenvalue weighted by Crippen LogP contribution is -2.44. The van der Waals surface area contributed by atoms with E-state index in [0.29, 0.717) is 11.4 Å². The predicted octanol–water partition coefficient (Wildman–Crippen LogP) is 1.64. The third-order valence-electron chi connectivity index (χ3n) is 4.20. The first kappa shape index (κ1) is 17.5. The number of pyridine rings is 1. The van der Waals surface area contributed by atoms with Crippen molar-refractivity contribution in [3.8, 4) is 5.75 Å². The average molecular weight is 362 g/mol.